The average molecular weight is 444 g/mol. The highest BCUT2D eigenvalue weighted by atomic mass is 35.5. The van der Waals surface area contributed by atoms with Crippen molar-refractivity contribution in [3.63, 3.8) is 0 Å². The van der Waals surface area contributed by atoms with Crippen LogP contribution in [-0.4, -0.2) is 29.8 Å². The number of methoxy groups -OCH3 is 1. The van der Waals surface area contributed by atoms with Gasteiger partial charge >= 0.3 is 5.97 Å². The summed E-state index contributed by atoms with van der Waals surface area (Å²) in [5.41, 5.74) is 5.46. The van der Waals surface area contributed by atoms with Crippen LogP contribution in [0.4, 0.5) is 0 Å². The van der Waals surface area contributed by atoms with Crippen LogP contribution in [0.1, 0.15) is 30.1 Å². The average Bonchev–Trinajstić information content (AvgIpc) is 2.72. The van der Waals surface area contributed by atoms with E-state index in [-0.39, 0.29) is 5.96 Å². The number of hydrogen-bond donors (Lipinski definition) is 4. The Bertz CT molecular complexity index is 1020. The van der Waals surface area contributed by atoms with E-state index in [1.54, 1.807) is 12.1 Å². The molecule has 1 saturated heterocycles. The minimum atomic E-state index is -1.28. The molecule has 2 heterocycles. The van der Waals surface area contributed by atoms with Crippen molar-refractivity contribution in [2.75, 3.05) is 7.11 Å². The molecule has 4 rings (SSSR count). The third-order valence-corrected chi connectivity index (χ3v) is 6.31. The molecule has 2 aliphatic heterocycles. The van der Waals surface area contributed by atoms with Crippen molar-refractivity contribution in [3.8, 4) is 0 Å². The van der Waals surface area contributed by atoms with Crippen LogP contribution >= 0.6 is 23.8 Å². The highest BCUT2D eigenvalue weighted by Crippen LogP contribution is 2.56. The number of thiocarbonyl (C=S) groups is 1. The molecule has 0 amide bonds. The highest BCUT2D eigenvalue weighted by Gasteiger charge is 2.69. The van der Waals surface area contributed by atoms with E-state index in [0.29, 0.717) is 10.1 Å². The molecule has 30 heavy (non-hydrogen) atoms. The monoisotopic (exact) mass is 443 g/mol. The van der Waals surface area contributed by atoms with Crippen LogP contribution in [0.15, 0.2) is 59.6 Å². The number of aliphatic imine (C=N–C) groups is 1. The lowest BCUT2D eigenvalue weighted by molar-refractivity contribution is -0.166. The van der Waals surface area contributed by atoms with E-state index in [2.05, 4.69) is 20.9 Å². The van der Waals surface area contributed by atoms with Gasteiger partial charge in [0.15, 0.2) is 16.5 Å². The second-order valence-corrected chi connectivity index (χ2v) is 8.37. The molecule has 7 nitrogen and oxygen atoms in total. The Balaban J connectivity index is 2.03. The molecular formula is C21H22ClN5O2S. The fourth-order valence-corrected chi connectivity index (χ4v) is 5.02. The minimum Gasteiger partial charge on any atom is -0.468 e. The summed E-state index contributed by atoms with van der Waals surface area (Å²) in [6.45, 7) is 1.84. The standard InChI is InChI=1S/C21H22ClN5O2S/c1-20-21(17(28)29-2,16(25-19(30)27-20)12-6-4-3-5-7-12)15(24-18(23)26-20)13-8-10-14(22)11-9-13/h3-11,15-16H,1-2H3,(H3,23,24,26)(H2,25,27,30)/t15?,16-,20-,21-/m1/s1. The first kappa shape index (κ1) is 20.4. The zero-order valence-electron chi connectivity index (χ0n) is 16.5. The molecule has 1 fully saturated rings. The van der Waals surface area contributed by atoms with Crippen LogP contribution in [0, 0.1) is 5.41 Å². The lowest BCUT2D eigenvalue weighted by atomic mass is 9.60. The van der Waals surface area contributed by atoms with Crippen molar-refractivity contribution in [3.05, 3.63) is 70.7 Å². The quantitative estimate of drug-likeness (QED) is 0.427. The van der Waals surface area contributed by atoms with E-state index in [1.165, 1.54) is 7.11 Å². The van der Waals surface area contributed by atoms with Gasteiger partial charge in [-0.05, 0) is 42.4 Å². The molecule has 156 valence electrons. The lowest BCUT2D eigenvalue weighted by Crippen LogP contribution is -2.81. The molecule has 9 heteroatoms. The number of carbonyl (C=O) groups excluding carboxylic acids is 1. The summed E-state index contributed by atoms with van der Waals surface area (Å²) in [5, 5.41) is 10.6. The maximum absolute atomic E-state index is 13.7. The molecule has 0 spiro atoms. The zero-order valence-corrected chi connectivity index (χ0v) is 18.1. The Labute approximate surface area is 185 Å². The van der Waals surface area contributed by atoms with Gasteiger partial charge in [0.2, 0.25) is 0 Å². The first-order chi connectivity index (χ1) is 14.3. The second-order valence-electron chi connectivity index (χ2n) is 7.52. The van der Waals surface area contributed by atoms with Gasteiger partial charge in [-0.3, -0.25) is 4.79 Å². The van der Waals surface area contributed by atoms with E-state index in [9.17, 15) is 4.79 Å². The van der Waals surface area contributed by atoms with E-state index in [4.69, 9.17) is 34.3 Å². The summed E-state index contributed by atoms with van der Waals surface area (Å²) in [5.74, 6) is -0.258. The number of nitrogens with zero attached hydrogens (tertiary/aromatic N) is 1. The largest absolute Gasteiger partial charge is 0.468 e. The SMILES string of the molecule is COC(=O)[C@]12C(c3ccc(Cl)cc3)N=C(N)N[C@]1(C)NC(=S)N[C@@H]2c1ccccc1. The molecule has 0 saturated carbocycles. The van der Waals surface area contributed by atoms with Gasteiger partial charge in [-0.2, -0.15) is 0 Å². The Morgan fingerprint density at radius 1 is 1.13 bits per heavy atom. The Hall–Kier alpha value is -2.84. The summed E-state index contributed by atoms with van der Waals surface area (Å²) in [6.07, 6.45) is 0. The number of esters is 1. The number of guanidine groups is 1. The maximum atomic E-state index is 13.7. The molecular weight excluding hydrogens is 422 g/mol. The van der Waals surface area contributed by atoms with Gasteiger partial charge in [0.05, 0.1) is 13.2 Å². The molecule has 5 N–H and O–H groups in total. The number of carbonyl (C=O) groups is 1. The topological polar surface area (TPSA) is 101 Å². The van der Waals surface area contributed by atoms with Crippen molar-refractivity contribution in [2.45, 2.75) is 24.7 Å². The molecule has 0 aliphatic carbocycles. The van der Waals surface area contributed by atoms with Gasteiger partial charge < -0.3 is 26.4 Å². The van der Waals surface area contributed by atoms with Crippen molar-refractivity contribution in [1.82, 2.24) is 16.0 Å². The number of hydrogen-bond acceptors (Lipinski definition) is 6. The van der Waals surface area contributed by atoms with E-state index < -0.39 is 29.1 Å². The van der Waals surface area contributed by atoms with Crippen molar-refractivity contribution < 1.29 is 9.53 Å². The van der Waals surface area contributed by atoms with Gasteiger partial charge in [-0.1, -0.05) is 54.1 Å². The van der Waals surface area contributed by atoms with E-state index in [1.807, 2.05) is 49.4 Å². The number of ether oxygens (including phenoxy) is 1. The molecule has 2 aromatic rings. The van der Waals surface area contributed by atoms with Gasteiger partial charge in [-0.15, -0.1) is 0 Å². The third-order valence-electron chi connectivity index (χ3n) is 5.84. The highest BCUT2D eigenvalue weighted by molar-refractivity contribution is 7.80. The van der Waals surface area contributed by atoms with Crippen LogP contribution in [0.2, 0.25) is 5.02 Å². The number of nitrogens with one attached hydrogen (secondary N) is 3. The van der Waals surface area contributed by atoms with Gasteiger partial charge in [0.25, 0.3) is 0 Å². The van der Waals surface area contributed by atoms with Gasteiger partial charge in [-0.25, -0.2) is 4.99 Å². The zero-order chi connectivity index (χ0) is 21.5. The minimum absolute atomic E-state index is 0.195. The van der Waals surface area contributed by atoms with Crippen LogP contribution in [0.5, 0.6) is 0 Å². The summed E-state index contributed by atoms with van der Waals surface area (Å²) in [4.78, 5) is 18.3. The number of rotatable bonds is 3. The molecule has 4 atom stereocenters. The molecule has 0 aromatic heterocycles. The Morgan fingerprint density at radius 2 is 1.80 bits per heavy atom. The molecule has 1 unspecified atom stereocenters. The third kappa shape index (κ3) is 2.98. The summed E-state index contributed by atoms with van der Waals surface area (Å²) >= 11 is 11.6. The second kappa shape index (κ2) is 7.45. The fraction of sp³-hybridized carbons (Fsp3) is 0.286. The summed E-state index contributed by atoms with van der Waals surface area (Å²) in [6, 6.07) is 15.6. The first-order valence-electron chi connectivity index (χ1n) is 9.41. The molecule has 2 aliphatic rings. The number of halogens is 1. The normalized spacial score (nSPS) is 30.1. The molecule has 0 bridgehead atoms. The van der Waals surface area contributed by atoms with Crippen LogP contribution < -0.4 is 21.7 Å². The lowest BCUT2D eigenvalue weighted by Gasteiger charge is -2.59. The first-order valence-corrected chi connectivity index (χ1v) is 10.2. The predicted octanol–water partition coefficient (Wildman–Crippen LogP) is 2.39. The maximum Gasteiger partial charge on any atom is 0.321 e. The van der Waals surface area contributed by atoms with Crippen molar-refractivity contribution in [1.29, 1.82) is 0 Å². The van der Waals surface area contributed by atoms with E-state index in [0.717, 1.165) is 11.1 Å². The van der Waals surface area contributed by atoms with E-state index >= 15 is 0 Å². The molecule has 2 aromatic carbocycles. The predicted molar refractivity (Wildman–Crippen MR) is 120 cm³/mol. The van der Waals surface area contributed by atoms with Crippen LogP contribution in [0.3, 0.4) is 0 Å². The van der Waals surface area contributed by atoms with Crippen LogP contribution in [-0.2, 0) is 9.53 Å². The summed E-state index contributed by atoms with van der Waals surface area (Å²) in [7, 11) is 1.37. The number of benzene rings is 2. The fourth-order valence-electron chi connectivity index (χ4n) is 4.57. The summed E-state index contributed by atoms with van der Waals surface area (Å²) < 4.78 is 5.37. The smallest absolute Gasteiger partial charge is 0.321 e. The van der Waals surface area contributed by atoms with Gasteiger partial charge in [0.1, 0.15) is 11.7 Å². The Morgan fingerprint density at radius 3 is 2.43 bits per heavy atom. The number of nitrogens with two attached hydrogens (primary N) is 1. The van der Waals surface area contributed by atoms with Crippen molar-refractivity contribution >= 4 is 40.9 Å². The molecule has 0 radical (unpaired) electrons. The van der Waals surface area contributed by atoms with Crippen molar-refractivity contribution in [2.24, 2.45) is 16.1 Å². The number of fused-ring (bicyclic) bond motifs is 1. The van der Waals surface area contributed by atoms with Crippen LogP contribution in [0.25, 0.3) is 0 Å². The van der Waals surface area contributed by atoms with Gasteiger partial charge in [0, 0.05) is 5.02 Å². The Kier molecular flexibility index (Phi) is 5.07.